The fraction of sp³-hybridized carbons (Fsp3) is 0.696. The van der Waals surface area contributed by atoms with E-state index in [9.17, 15) is 0 Å². The lowest BCUT2D eigenvalue weighted by molar-refractivity contribution is -0.0265. The molecule has 0 aliphatic carbocycles. The van der Waals surface area contributed by atoms with Crippen molar-refractivity contribution in [2.24, 2.45) is 16.8 Å². The van der Waals surface area contributed by atoms with Crippen LogP contribution in [-0.2, 0) is 9.47 Å². The van der Waals surface area contributed by atoms with Gasteiger partial charge in [-0.2, -0.15) is 0 Å². The van der Waals surface area contributed by atoms with Gasteiger partial charge in [0.1, 0.15) is 0 Å². The van der Waals surface area contributed by atoms with E-state index in [1.165, 1.54) is 12.0 Å². The van der Waals surface area contributed by atoms with Crippen LogP contribution in [0.15, 0.2) is 35.3 Å². The van der Waals surface area contributed by atoms with Crippen molar-refractivity contribution in [3.05, 3.63) is 35.9 Å². The smallest absolute Gasteiger partial charge is 0.191 e. The molecule has 1 aromatic rings. The maximum Gasteiger partial charge on any atom is 0.191 e. The largest absolute Gasteiger partial charge is 0.379 e. The molecule has 0 aromatic heterocycles. The van der Waals surface area contributed by atoms with E-state index in [4.69, 9.17) is 9.47 Å². The molecule has 3 atom stereocenters. The topological polar surface area (TPSA) is 58.1 Å². The summed E-state index contributed by atoms with van der Waals surface area (Å²) in [7, 11) is 1.85. The highest BCUT2D eigenvalue weighted by Crippen LogP contribution is 2.33. The van der Waals surface area contributed by atoms with Gasteiger partial charge in [0.2, 0.25) is 0 Å². The molecule has 0 bridgehead atoms. The first kappa shape index (κ1) is 22.1. The Labute approximate surface area is 176 Å². The van der Waals surface area contributed by atoms with Crippen LogP contribution in [0.3, 0.4) is 0 Å². The van der Waals surface area contributed by atoms with Crippen LogP contribution in [0.4, 0.5) is 0 Å². The van der Waals surface area contributed by atoms with Gasteiger partial charge in [0, 0.05) is 51.8 Å². The lowest BCUT2D eigenvalue weighted by Gasteiger charge is -2.37. The number of hydrogen-bond acceptors (Lipinski definition) is 4. The first-order valence-electron chi connectivity index (χ1n) is 11.1. The summed E-state index contributed by atoms with van der Waals surface area (Å²) in [6, 6.07) is 11.1. The van der Waals surface area contributed by atoms with Gasteiger partial charge in [0.25, 0.3) is 0 Å². The Balaban J connectivity index is 1.52. The van der Waals surface area contributed by atoms with Crippen LogP contribution < -0.4 is 10.6 Å². The Bertz CT molecular complexity index is 617. The number of benzene rings is 1. The minimum Gasteiger partial charge on any atom is -0.379 e. The summed E-state index contributed by atoms with van der Waals surface area (Å²) in [6.07, 6.45) is 2.45. The summed E-state index contributed by atoms with van der Waals surface area (Å²) in [5, 5.41) is 7.11. The van der Waals surface area contributed by atoms with Gasteiger partial charge in [0.15, 0.2) is 5.96 Å². The van der Waals surface area contributed by atoms with E-state index < -0.39 is 0 Å². The molecule has 2 N–H and O–H groups in total. The number of nitrogens with zero attached hydrogens (tertiary/aromatic N) is 2. The first-order valence-corrected chi connectivity index (χ1v) is 11.1. The van der Waals surface area contributed by atoms with Gasteiger partial charge in [-0.05, 0) is 24.3 Å². The SMILES string of the molecule is CN=C(NCC1CCCOC1c1ccccc1)NCC(C(C)C)N1CCOCC1. The second-order valence-corrected chi connectivity index (χ2v) is 8.40. The van der Waals surface area contributed by atoms with E-state index in [1.807, 2.05) is 7.05 Å². The average Bonchev–Trinajstić information content (AvgIpc) is 2.77. The Morgan fingerprint density at radius 3 is 2.59 bits per heavy atom. The average molecular weight is 403 g/mol. The van der Waals surface area contributed by atoms with Crippen molar-refractivity contribution in [3.63, 3.8) is 0 Å². The standard InChI is InChI=1S/C23H38N4O2/c1-18(2)21(27-11-14-28-15-12-27)17-26-23(24-3)25-16-20-10-7-13-29-22(20)19-8-5-4-6-9-19/h4-6,8-9,18,20-22H,7,10-17H2,1-3H3,(H2,24,25,26). The highest BCUT2D eigenvalue weighted by atomic mass is 16.5. The molecule has 2 heterocycles. The quantitative estimate of drug-likeness (QED) is 0.542. The molecule has 0 saturated carbocycles. The third kappa shape index (κ3) is 6.43. The Morgan fingerprint density at radius 1 is 1.14 bits per heavy atom. The Kier molecular flexibility index (Phi) is 8.77. The lowest BCUT2D eigenvalue weighted by atomic mass is 9.89. The number of hydrogen-bond donors (Lipinski definition) is 2. The van der Waals surface area contributed by atoms with E-state index >= 15 is 0 Å². The fourth-order valence-electron chi connectivity index (χ4n) is 4.41. The molecule has 2 fully saturated rings. The van der Waals surface area contributed by atoms with Gasteiger partial charge >= 0.3 is 0 Å². The molecular formula is C23H38N4O2. The lowest BCUT2D eigenvalue weighted by Crippen LogP contribution is -2.53. The highest BCUT2D eigenvalue weighted by Gasteiger charge is 2.28. The number of ether oxygens (including phenoxy) is 2. The molecule has 0 spiro atoms. The van der Waals surface area contributed by atoms with E-state index in [-0.39, 0.29) is 6.10 Å². The predicted molar refractivity (Wildman–Crippen MR) is 118 cm³/mol. The van der Waals surface area contributed by atoms with Crippen LogP contribution in [0.25, 0.3) is 0 Å². The van der Waals surface area contributed by atoms with Crippen molar-refractivity contribution in [1.82, 2.24) is 15.5 Å². The second-order valence-electron chi connectivity index (χ2n) is 8.40. The molecule has 1 aromatic carbocycles. The number of morpholine rings is 1. The summed E-state index contributed by atoms with van der Waals surface area (Å²) in [4.78, 5) is 6.99. The van der Waals surface area contributed by atoms with Crippen molar-refractivity contribution < 1.29 is 9.47 Å². The highest BCUT2D eigenvalue weighted by molar-refractivity contribution is 5.79. The summed E-state index contributed by atoms with van der Waals surface area (Å²) in [5.41, 5.74) is 1.27. The van der Waals surface area contributed by atoms with Crippen molar-refractivity contribution >= 4 is 5.96 Å². The zero-order chi connectivity index (χ0) is 20.5. The van der Waals surface area contributed by atoms with Gasteiger partial charge in [-0.25, -0.2) is 0 Å². The molecular weight excluding hydrogens is 364 g/mol. The molecule has 0 amide bonds. The van der Waals surface area contributed by atoms with Crippen LogP contribution in [0, 0.1) is 11.8 Å². The van der Waals surface area contributed by atoms with Gasteiger partial charge in [-0.3, -0.25) is 9.89 Å². The monoisotopic (exact) mass is 402 g/mol. The van der Waals surface area contributed by atoms with Crippen LogP contribution in [0.1, 0.15) is 38.4 Å². The van der Waals surface area contributed by atoms with Gasteiger partial charge in [0.05, 0.1) is 19.3 Å². The Morgan fingerprint density at radius 2 is 1.90 bits per heavy atom. The number of aliphatic imine (C=N–C) groups is 1. The van der Waals surface area contributed by atoms with E-state index in [1.54, 1.807) is 0 Å². The van der Waals surface area contributed by atoms with Gasteiger partial charge in [-0.15, -0.1) is 0 Å². The minimum atomic E-state index is 0.160. The molecule has 2 aliphatic rings. The molecule has 6 heteroatoms. The first-order chi connectivity index (χ1) is 14.2. The van der Waals surface area contributed by atoms with E-state index in [0.717, 1.165) is 58.4 Å². The molecule has 2 aliphatic heterocycles. The number of nitrogens with one attached hydrogen (secondary N) is 2. The van der Waals surface area contributed by atoms with Crippen molar-refractivity contribution in [3.8, 4) is 0 Å². The zero-order valence-corrected chi connectivity index (χ0v) is 18.3. The molecule has 0 radical (unpaired) electrons. The maximum atomic E-state index is 6.13. The molecule has 2 saturated heterocycles. The fourth-order valence-corrected chi connectivity index (χ4v) is 4.41. The van der Waals surface area contributed by atoms with E-state index in [2.05, 4.69) is 64.7 Å². The zero-order valence-electron chi connectivity index (χ0n) is 18.3. The maximum absolute atomic E-state index is 6.13. The summed E-state index contributed by atoms with van der Waals surface area (Å²) in [6.45, 7) is 10.9. The van der Waals surface area contributed by atoms with Crippen LogP contribution >= 0.6 is 0 Å². The third-order valence-electron chi connectivity index (χ3n) is 6.09. The normalized spacial score (nSPS) is 25.0. The molecule has 3 unspecified atom stereocenters. The molecule has 29 heavy (non-hydrogen) atoms. The predicted octanol–water partition coefficient (Wildman–Crippen LogP) is 2.68. The summed E-state index contributed by atoms with van der Waals surface area (Å²) >= 11 is 0. The van der Waals surface area contributed by atoms with Crippen molar-refractivity contribution in [2.75, 3.05) is 53.0 Å². The minimum absolute atomic E-state index is 0.160. The van der Waals surface area contributed by atoms with Crippen LogP contribution in [-0.4, -0.2) is 69.9 Å². The van der Waals surface area contributed by atoms with Crippen molar-refractivity contribution in [1.29, 1.82) is 0 Å². The summed E-state index contributed by atoms with van der Waals surface area (Å²) in [5.74, 6) is 1.90. The third-order valence-corrected chi connectivity index (χ3v) is 6.09. The van der Waals surface area contributed by atoms with Crippen LogP contribution in [0.5, 0.6) is 0 Å². The van der Waals surface area contributed by atoms with Crippen LogP contribution in [0.2, 0.25) is 0 Å². The molecule has 3 rings (SSSR count). The van der Waals surface area contributed by atoms with Crippen molar-refractivity contribution in [2.45, 2.75) is 38.8 Å². The van der Waals surface area contributed by atoms with Gasteiger partial charge < -0.3 is 20.1 Å². The van der Waals surface area contributed by atoms with Gasteiger partial charge in [-0.1, -0.05) is 44.2 Å². The van der Waals surface area contributed by atoms with E-state index in [0.29, 0.717) is 17.9 Å². The number of guanidine groups is 1. The second kappa shape index (κ2) is 11.5. The Hall–Kier alpha value is -1.63. The number of rotatable bonds is 7. The molecule has 162 valence electrons. The molecule has 6 nitrogen and oxygen atoms in total. The summed E-state index contributed by atoms with van der Waals surface area (Å²) < 4.78 is 11.7.